The fraction of sp³-hybridized carbons (Fsp3) is 0.0909. The number of nitrogens with one attached hydrogen (secondary N) is 2. The van der Waals surface area contributed by atoms with Crippen molar-refractivity contribution in [2.45, 2.75) is 6.54 Å². The van der Waals surface area contributed by atoms with Gasteiger partial charge in [-0.1, -0.05) is 11.6 Å². The highest BCUT2D eigenvalue weighted by Crippen LogP contribution is 2.05. The monoisotopic (exact) mass is 235 g/mol. The van der Waals surface area contributed by atoms with E-state index in [0.29, 0.717) is 17.3 Å². The van der Waals surface area contributed by atoms with Crippen LogP contribution in [0.4, 0.5) is 0 Å². The van der Waals surface area contributed by atoms with Crippen LogP contribution in [0.15, 0.2) is 36.8 Å². The summed E-state index contributed by atoms with van der Waals surface area (Å²) in [5.74, 6) is -0.162. The van der Waals surface area contributed by atoms with Gasteiger partial charge < -0.3 is 10.3 Å². The first-order valence-corrected chi connectivity index (χ1v) is 5.15. The lowest BCUT2D eigenvalue weighted by Gasteiger charge is -2.03. The van der Waals surface area contributed by atoms with E-state index in [-0.39, 0.29) is 5.91 Å². The first-order valence-electron chi connectivity index (χ1n) is 4.77. The molecular formula is C11H10ClN3O. The lowest BCUT2D eigenvalue weighted by Crippen LogP contribution is -2.22. The van der Waals surface area contributed by atoms with Crippen molar-refractivity contribution in [1.29, 1.82) is 0 Å². The van der Waals surface area contributed by atoms with Crippen molar-refractivity contribution in [3.05, 3.63) is 53.1 Å². The molecule has 2 rings (SSSR count). The van der Waals surface area contributed by atoms with Crippen LogP contribution in [0.1, 0.15) is 15.9 Å². The minimum absolute atomic E-state index is 0.162. The summed E-state index contributed by atoms with van der Waals surface area (Å²) >= 11 is 5.63. The Labute approximate surface area is 97.7 Å². The summed E-state index contributed by atoms with van der Waals surface area (Å²) in [6, 6.07) is 5.13. The Morgan fingerprint density at radius 2 is 2.31 bits per heavy atom. The van der Waals surface area contributed by atoms with Crippen molar-refractivity contribution in [3.8, 4) is 0 Å². The molecule has 16 heavy (non-hydrogen) atoms. The van der Waals surface area contributed by atoms with Crippen molar-refractivity contribution < 1.29 is 4.79 Å². The molecule has 1 amide bonds. The largest absolute Gasteiger partial charge is 0.367 e. The van der Waals surface area contributed by atoms with Crippen LogP contribution < -0.4 is 5.32 Å². The van der Waals surface area contributed by atoms with Gasteiger partial charge in [0, 0.05) is 25.1 Å². The number of hydrogen-bond acceptors (Lipinski definition) is 2. The third kappa shape index (κ3) is 2.61. The average molecular weight is 236 g/mol. The molecule has 0 saturated heterocycles. The SMILES string of the molecule is O=C(NCc1cc[nH]c1)c1ccc(Cl)nc1. The minimum atomic E-state index is -0.162. The van der Waals surface area contributed by atoms with Gasteiger partial charge in [0.05, 0.1) is 5.56 Å². The van der Waals surface area contributed by atoms with E-state index in [4.69, 9.17) is 11.6 Å². The van der Waals surface area contributed by atoms with Gasteiger partial charge in [-0.05, 0) is 23.8 Å². The number of carbonyl (C=O) groups excluding carboxylic acids is 1. The molecule has 0 spiro atoms. The summed E-state index contributed by atoms with van der Waals surface area (Å²) < 4.78 is 0. The molecule has 2 aromatic heterocycles. The smallest absolute Gasteiger partial charge is 0.253 e. The van der Waals surface area contributed by atoms with Crippen LogP contribution in [0, 0.1) is 0 Å². The molecule has 5 heteroatoms. The zero-order chi connectivity index (χ0) is 11.4. The second-order valence-corrected chi connectivity index (χ2v) is 3.66. The molecule has 2 heterocycles. The van der Waals surface area contributed by atoms with E-state index in [2.05, 4.69) is 15.3 Å². The summed E-state index contributed by atoms with van der Waals surface area (Å²) in [6.45, 7) is 0.491. The van der Waals surface area contributed by atoms with Crippen LogP contribution in [-0.4, -0.2) is 15.9 Å². The Morgan fingerprint density at radius 1 is 1.44 bits per heavy atom. The highest BCUT2D eigenvalue weighted by atomic mass is 35.5. The molecule has 0 atom stereocenters. The second kappa shape index (κ2) is 4.81. The maximum absolute atomic E-state index is 11.6. The molecule has 2 aromatic rings. The number of hydrogen-bond donors (Lipinski definition) is 2. The van der Waals surface area contributed by atoms with Gasteiger partial charge in [-0.3, -0.25) is 4.79 Å². The van der Waals surface area contributed by atoms with Crippen molar-refractivity contribution in [3.63, 3.8) is 0 Å². The Morgan fingerprint density at radius 3 is 2.94 bits per heavy atom. The Kier molecular flexibility index (Phi) is 3.22. The molecule has 0 fully saturated rings. The first kappa shape index (κ1) is 10.7. The van der Waals surface area contributed by atoms with Gasteiger partial charge in [0.15, 0.2) is 0 Å². The molecule has 0 radical (unpaired) electrons. The van der Waals surface area contributed by atoms with Crippen LogP contribution >= 0.6 is 11.6 Å². The van der Waals surface area contributed by atoms with Gasteiger partial charge in [0.2, 0.25) is 0 Å². The number of carbonyl (C=O) groups is 1. The molecule has 0 unspecified atom stereocenters. The van der Waals surface area contributed by atoms with Crippen LogP contribution in [0.5, 0.6) is 0 Å². The number of aromatic amines is 1. The quantitative estimate of drug-likeness (QED) is 0.800. The number of rotatable bonds is 3. The summed E-state index contributed by atoms with van der Waals surface area (Å²) in [6.07, 6.45) is 5.10. The Hall–Kier alpha value is -1.81. The third-order valence-corrected chi connectivity index (χ3v) is 2.33. The molecule has 2 N–H and O–H groups in total. The molecule has 0 saturated carbocycles. The zero-order valence-corrected chi connectivity index (χ0v) is 9.16. The third-order valence-electron chi connectivity index (χ3n) is 2.11. The molecule has 0 aliphatic heterocycles. The number of amides is 1. The summed E-state index contributed by atoms with van der Waals surface area (Å²) in [5.41, 5.74) is 1.52. The molecule has 0 bridgehead atoms. The molecular weight excluding hydrogens is 226 g/mol. The van der Waals surface area contributed by atoms with Gasteiger partial charge in [-0.25, -0.2) is 4.98 Å². The maximum Gasteiger partial charge on any atom is 0.253 e. The predicted octanol–water partition coefficient (Wildman–Crippen LogP) is 1.99. The first-order chi connectivity index (χ1) is 7.75. The van der Waals surface area contributed by atoms with Crippen molar-refractivity contribution in [1.82, 2.24) is 15.3 Å². The lowest BCUT2D eigenvalue weighted by atomic mass is 10.2. The van der Waals surface area contributed by atoms with E-state index in [1.165, 1.54) is 6.20 Å². The minimum Gasteiger partial charge on any atom is -0.367 e. The lowest BCUT2D eigenvalue weighted by molar-refractivity contribution is 0.0950. The highest BCUT2D eigenvalue weighted by Gasteiger charge is 2.05. The van der Waals surface area contributed by atoms with E-state index >= 15 is 0 Å². The Bertz CT molecular complexity index is 464. The van der Waals surface area contributed by atoms with Crippen molar-refractivity contribution in [2.75, 3.05) is 0 Å². The molecule has 0 aliphatic carbocycles. The van der Waals surface area contributed by atoms with Crippen molar-refractivity contribution >= 4 is 17.5 Å². The number of nitrogens with zero attached hydrogens (tertiary/aromatic N) is 1. The predicted molar refractivity (Wildman–Crippen MR) is 61.2 cm³/mol. The summed E-state index contributed by atoms with van der Waals surface area (Å²) in [5, 5.41) is 3.16. The Balaban J connectivity index is 1.95. The maximum atomic E-state index is 11.6. The summed E-state index contributed by atoms with van der Waals surface area (Å²) in [7, 11) is 0. The molecule has 0 aromatic carbocycles. The normalized spacial score (nSPS) is 10.1. The van der Waals surface area contributed by atoms with Crippen molar-refractivity contribution in [2.24, 2.45) is 0 Å². The van der Waals surface area contributed by atoms with E-state index in [0.717, 1.165) is 5.56 Å². The van der Waals surface area contributed by atoms with Crippen LogP contribution in [-0.2, 0) is 6.54 Å². The van der Waals surface area contributed by atoms with Crippen LogP contribution in [0.3, 0.4) is 0 Å². The van der Waals surface area contributed by atoms with Gasteiger partial charge in [0.25, 0.3) is 5.91 Å². The zero-order valence-electron chi connectivity index (χ0n) is 8.40. The topological polar surface area (TPSA) is 57.8 Å². The fourth-order valence-electron chi connectivity index (χ4n) is 1.26. The summed E-state index contributed by atoms with van der Waals surface area (Å²) in [4.78, 5) is 18.4. The van der Waals surface area contributed by atoms with E-state index in [9.17, 15) is 4.79 Å². The standard InChI is InChI=1S/C11H10ClN3O/c12-10-2-1-9(7-14-10)11(16)15-6-8-3-4-13-5-8/h1-5,7,13H,6H2,(H,15,16). The van der Waals surface area contributed by atoms with E-state index in [1.807, 2.05) is 18.5 Å². The molecule has 82 valence electrons. The van der Waals surface area contributed by atoms with Gasteiger partial charge in [-0.2, -0.15) is 0 Å². The highest BCUT2D eigenvalue weighted by molar-refractivity contribution is 6.29. The van der Waals surface area contributed by atoms with E-state index < -0.39 is 0 Å². The number of aromatic nitrogens is 2. The molecule has 0 aliphatic rings. The van der Waals surface area contributed by atoms with Gasteiger partial charge in [0.1, 0.15) is 5.15 Å². The van der Waals surface area contributed by atoms with Crippen LogP contribution in [0.2, 0.25) is 5.15 Å². The van der Waals surface area contributed by atoms with E-state index in [1.54, 1.807) is 12.1 Å². The number of halogens is 1. The fourth-order valence-corrected chi connectivity index (χ4v) is 1.37. The number of pyridine rings is 1. The average Bonchev–Trinajstić information content (AvgIpc) is 2.80. The van der Waals surface area contributed by atoms with Gasteiger partial charge >= 0.3 is 0 Å². The van der Waals surface area contributed by atoms with Gasteiger partial charge in [-0.15, -0.1) is 0 Å². The second-order valence-electron chi connectivity index (χ2n) is 3.27. The molecule has 4 nitrogen and oxygen atoms in total. The van der Waals surface area contributed by atoms with Crippen LogP contribution in [0.25, 0.3) is 0 Å². The number of H-pyrrole nitrogens is 1.